The first-order chi connectivity index (χ1) is 13.6. The van der Waals surface area contributed by atoms with E-state index in [1.807, 2.05) is 60.0 Å². The number of thioether (sulfide) groups is 1. The largest absolute Gasteiger partial charge is 0.497 e. The summed E-state index contributed by atoms with van der Waals surface area (Å²) in [5, 5.41) is 11.6. The van der Waals surface area contributed by atoms with Crippen LogP contribution in [0.15, 0.2) is 72.4 Å². The van der Waals surface area contributed by atoms with Gasteiger partial charge in [0.1, 0.15) is 16.8 Å². The molecule has 0 aliphatic carbocycles. The van der Waals surface area contributed by atoms with Gasteiger partial charge in [0, 0.05) is 18.3 Å². The monoisotopic (exact) mass is 394 g/mol. The number of benzene rings is 2. The number of nitrogens with zero attached hydrogens (tertiary/aromatic N) is 3. The van der Waals surface area contributed by atoms with Crippen molar-refractivity contribution in [3.63, 3.8) is 0 Å². The van der Waals surface area contributed by atoms with E-state index < -0.39 is 5.25 Å². The number of allylic oxidation sites excluding steroid dienone is 1. The smallest absolute Gasteiger partial charge is 0.242 e. The summed E-state index contributed by atoms with van der Waals surface area (Å²) in [6.45, 7) is 6.25. The molecule has 0 aliphatic heterocycles. The Balaban J connectivity index is 1.89. The van der Waals surface area contributed by atoms with E-state index in [9.17, 15) is 4.79 Å². The standard InChI is InChI=1S/C21H22N4O2S/c1-4-13-25-15(2)23-24-21(25)28-19(16-9-6-5-7-10-16)20(26)22-17-11-8-12-18(14-17)27-3/h4-12,14,19H,1,13H2,2-3H3,(H,22,26). The summed E-state index contributed by atoms with van der Waals surface area (Å²) in [6.07, 6.45) is 1.79. The van der Waals surface area contributed by atoms with Crippen molar-refractivity contribution in [2.45, 2.75) is 23.9 Å². The molecule has 1 unspecified atom stereocenters. The van der Waals surface area contributed by atoms with E-state index in [0.29, 0.717) is 23.1 Å². The van der Waals surface area contributed by atoms with E-state index >= 15 is 0 Å². The number of carbonyl (C=O) groups is 1. The summed E-state index contributed by atoms with van der Waals surface area (Å²) >= 11 is 1.36. The number of methoxy groups -OCH3 is 1. The van der Waals surface area contributed by atoms with E-state index in [4.69, 9.17) is 4.74 Å². The van der Waals surface area contributed by atoms with Crippen molar-refractivity contribution >= 4 is 23.4 Å². The molecule has 7 heteroatoms. The molecular formula is C21H22N4O2S. The normalized spacial score (nSPS) is 11.6. The Morgan fingerprint density at radius 2 is 2.04 bits per heavy atom. The molecule has 2 aromatic carbocycles. The van der Waals surface area contributed by atoms with Crippen LogP contribution < -0.4 is 10.1 Å². The number of aromatic nitrogens is 3. The van der Waals surface area contributed by atoms with Crippen LogP contribution in [0.2, 0.25) is 0 Å². The Bertz CT molecular complexity index is 956. The number of ether oxygens (including phenoxy) is 1. The minimum absolute atomic E-state index is 0.143. The molecule has 28 heavy (non-hydrogen) atoms. The van der Waals surface area contributed by atoms with Gasteiger partial charge in [0.05, 0.1) is 7.11 Å². The Morgan fingerprint density at radius 1 is 1.25 bits per heavy atom. The maximum atomic E-state index is 13.1. The van der Waals surface area contributed by atoms with Gasteiger partial charge in [-0.2, -0.15) is 0 Å². The van der Waals surface area contributed by atoms with Gasteiger partial charge in [-0.25, -0.2) is 0 Å². The van der Waals surface area contributed by atoms with Gasteiger partial charge in [0.15, 0.2) is 5.16 Å². The molecule has 3 aromatic rings. The molecule has 0 bridgehead atoms. The maximum Gasteiger partial charge on any atom is 0.242 e. The van der Waals surface area contributed by atoms with Crippen LogP contribution in [0.25, 0.3) is 0 Å². The zero-order chi connectivity index (χ0) is 19.9. The molecule has 0 saturated heterocycles. The van der Waals surface area contributed by atoms with Crippen molar-refractivity contribution in [3.8, 4) is 5.75 Å². The van der Waals surface area contributed by atoms with Crippen LogP contribution >= 0.6 is 11.8 Å². The molecule has 1 aromatic heterocycles. The number of anilines is 1. The molecule has 1 N–H and O–H groups in total. The molecule has 0 spiro atoms. The SMILES string of the molecule is C=CCn1c(C)nnc1SC(C(=O)Nc1cccc(OC)c1)c1ccccc1. The lowest BCUT2D eigenvalue weighted by molar-refractivity contribution is -0.115. The molecule has 1 amide bonds. The van der Waals surface area contributed by atoms with Gasteiger partial charge >= 0.3 is 0 Å². The average molecular weight is 395 g/mol. The second kappa shape index (κ2) is 9.23. The fourth-order valence-electron chi connectivity index (χ4n) is 2.70. The van der Waals surface area contributed by atoms with E-state index in [1.165, 1.54) is 11.8 Å². The van der Waals surface area contributed by atoms with E-state index in [1.54, 1.807) is 19.3 Å². The lowest BCUT2D eigenvalue weighted by Gasteiger charge is -2.17. The molecular weight excluding hydrogens is 372 g/mol. The lowest BCUT2D eigenvalue weighted by atomic mass is 10.1. The van der Waals surface area contributed by atoms with E-state index in [2.05, 4.69) is 22.1 Å². The third kappa shape index (κ3) is 4.61. The van der Waals surface area contributed by atoms with Gasteiger partial charge in [0.2, 0.25) is 5.91 Å². The van der Waals surface area contributed by atoms with Gasteiger partial charge < -0.3 is 14.6 Å². The van der Waals surface area contributed by atoms with Crippen LogP contribution in [-0.2, 0) is 11.3 Å². The van der Waals surface area contributed by atoms with Gasteiger partial charge in [-0.1, -0.05) is 54.2 Å². The second-order valence-corrected chi connectivity index (χ2v) is 7.13. The minimum Gasteiger partial charge on any atom is -0.497 e. The van der Waals surface area contributed by atoms with Crippen LogP contribution in [0, 0.1) is 6.92 Å². The summed E-state index contributed by atoms with van der Waals surface area (Å²) in [6, 6.07) is 16.9. The van der Waals surface area contributed by atoms with Crippen molar-refractivity contribution in [3.05, 3.63) is 78.6 Å². The Morgan fingerprint density at radius 3 is 2.75 bits per heavy atom. The van der Waals surface area contributed by atoms with Crippen LogP contribution in [0.5, 0.6) is 5.75 Å². The highest BCUT2D eigenvalue weighted by Crippen LogP contribution is 2.35. The molecule has 3 rings (SSSR count). The molecule has 0 aliphatic rings. The predicted molar refractivity (Wildman–Crippen MR) is 112 cm³/mol. The number of rotatable bonds is 8. The van der Waals surface area contributed by atoms with Gasteiger partial charge in [-0.15, -0.1) is 16.8 Å². The van der Waals surface area contributed by atoms with Crippen molar-refractivity contribution in [1.82, 2.24) is 14.8 Å². The summed E-state index contributed by atoms with van der Waals surface area (Å²) in [4.78, 5) is 13.1. The Hall–Kier alpha value is -3.06. The highest BCUT2D eigenvalue weighted by atomic mass is 32.2. The summed E-state index contributed by atoms with van der Waals surface area (Å²) in [5.41, 5.74) is 1.56. The first kappa shape index (κ1) is 19.7. The summed E-state index contributed by atoms with van der Waals surface area (Å²) in [5.74, 6) is 1.32. The molecule has 0 fully saturated rings. The van der Waals surface area contributed by atoms with E-state index in [-0.39, 0.29) is 5.91 Å². The first-order valence-electron chi connectivity index (χ1n) is 8.79. The van der Waals surface area contributed by atoms with Gasteiger partial charge in [-0.3, -0.25) is 4.79 Å². The van der Waals surface area contributed by atoms with Crippen molar-refractivity contribution in [2.75, 3.05) is 12.4 Å². The van der Waals surface area contributed by atoms with Crippen molar-refractivity contribution < 1.29 is 9.53 Å². The highest BCUT2D eigenvalue weighted by Gasteiger charge is 2.25. The Labute approximate surface area is 168 Å². The third-order valence-corrected chi connectivity index (χ3v) is 5.35. The molecule has 0 saturated carbocycles. The average Bonchev–Trinajstić information content (AvgIpc) is 3.06. The van der Waals surface area contributed by atoms with Gasteiger partial charge in [-0.05, 0) is 24.6 Å². The topological polar surface area (TPSA) is 69.0 Å². The highest BCUT2D eigenvalue weighted by molar-refractivity contribution is 8.00. The van der Waals surface area contributed by atoms with Crippen LogP contribution in [0.3, 0.4) is 0 Å². The summed E-state index contributed by atoms with van der Waals surface area (Å²) in [7, 11) is 1.60. The van der Waals surface area contributed by atoms with Crippen LogP contribution in [-0.4, -0.2) is 27.8 Å². The van der Waals surface area contributed by atoms with Crippen LogP contribution in [0.4, 0.5) is 5.69 Å². The fraction of sp³-hybridized carbons (Fsp3) is 0.190. The number of hydrogen-bond donors (Lipinski definition) is 1. The van der Waals surface area contributed by atoms with Crippen molar-refractivity contribution in [1.29, 1.82) is 0 Å². The molecule has 144 valence electrons. The second-order valence-electron chi connectivity index (χ2n) is 6.06. The molecule has 0 radical (unpaired) electrons. The molecule has 1 heterocycles. The number of carbonyl (C=O) groups excluding carboxylic acids is 1. The number of nitrogens with one attached hydrogen (secondary N) is 1. The van der Waals surface area contributed by atoms with Crippen molar-refractivity contribution in [2.24, 2.45) is 0 Å². The third-order valence-electron chi connectivity index (χ3n) is 4.11. The maximum absolute atomic E-state index is 13.1. The first-order valence-corrected chi connectivity index (χ1v) is 9.67. The zero-order valence-corrected chi connectivity index (χ0v) is 16.6. The summed E-state index contributed by atoms with van der Waals surface area (Å²) < 4.78 is 7.17. The molecule has 6 nitrogen and oxygen atoms in total. The zero-order valence-electron chi connectivity index (χ0n) is 15.8. The van der Waals surface area contributed by atoms with Gasteiger partial charge in [0.25, 0.3) is 0 Å². The minimum atomic E-state index is -0.487. The fourth-order valence-corrected chi connectivity index (χ4v) is 3.79. The number of hydrogen-bond acceptors (Lipinski definition) is 5. The van der Waals surface area contributed by atoms with E-state index in [0.717, 1.165) is 11.4 Å². The number of amides is 1. The number of aryl methyl sites for hydroxylation is 1. The predicted octanol–water partition coefficient (Wildman–Crippen LogP) is 4.25. The lowest BCUT2D eigenvalue weighted by Crippen LogP contribution is -2.19. The van der Waals surface area contributed by atoms with Crippen LogP contribution in [0.1, 0.15) is 16.6 Å². The Kier molecular flexibility index (Phi) is 6.49. The molecule has 1 atom stereocenters. The quantitative estimate of drug-likeness (QED) is 0.457.